The van der Waals surface area contributed by atoms with Crippen LogP contribution in [0.5, 0.6) is 0 Å². The van der Waals surface area contributed by atoms with E-state index in [2.05, 4.69) is 55.8 Å². The Balaban J connectivity index is 1.28. The zero-order chi connectivity index (χ0) is 24.0. The number of hydrogen-bond acceptors (Lipinski definition) is 4. The van der Waals surface area contributed by atoms with Crippen molar-refractivity contribution in [3.05, 3.63) is 92.6 Å². The number of nitrogens with zero attached hydrogens (tertiary/aromatic N) is 2. The maximum atomic E-state index is 13.9. The Kier molecular flexibility index (Phi) is 6.03. The van der Waals surface area contributed by atoms with Crippen molar-refractivity contribution in [3.63, 3.8) is 0 Å². The molecule has 4 heterocycles. The fourth-order valence-electron chi connectivity index (χ4n) is 6.57. The van der Waals surface area contributed by atoms with Crippen molar-refractivity contribution in [1.29, 1.82) is 0 Å². The summed E-state index contributed by atoms with van der Waals surface area (Å²) >= 11 is 5.21. The molecule has 2 bridgehead atoms. The number of hydrogen-bond donors (Lipinski definition) is 1. The molecule has 1 N–H and O–H groups in total. The van der Waals surface area contributed by atoms with E-state index in [0.29, 0.717) is 19.6 Å². The summed E-state index contributed by atoms with van der Waals surface area (Å²) in [6.45, 7) is 2.58. The molecule has 5 nitrogen and oxygen atoms in total. The molecule has 2 aromatic carbocycles. The Morgan fingerprint density at radius 1 is 1.03 bits per heavy atom. The first kappa shape index (κ1) is 23.0. The van der Waals surface area contributed by atoms with Crippen molar-refractivity contribution < 1.29 is 9.59 Å². The van der Waals surface area contributed by atoms with Crippen LogP contribution in [0.1, 0.15) is 28.8 Å². The first-order valence-corrected chi connectivity index (χ1v) is 13.9. The van der Waals surface area contributed by atoms with E-state index in [1.165, 1.54) is 4.88 Å². The maximum Gasteiger partial charge on any atom is 0.228 e. The summed E-state index contributed by atoms with van der Waals surface area (Å²) in [7, 11) is 0. The summed E-state index contributed by atoms with van der Waals surface area (Å²) in [5, 5.41) is 5.27. The van der Waals surface area contributed by atoms with Crippen molar-refractivity contribution >= 4 is 39.1 Å². The highest BCUT2D eigenvalue weighted by Crippen LogP contribution is 2.58. The van der Waals surface area contributed by atoms with Gasteiger partial charge in [0.1, 0.15) is 0 Å². The molecule has 180 valence electrons. The van der Waals surface area contributed by atoms with Crippen LogP contribution in [-0.2, 0) is 29.2 Å². The quantitative estimate of drug-likeness (QED) is 0.459. The average Bonchev–Trinajstić information content (AvgIpc) is 3.62. The van der Waals surface area contributed by atoms with E-state index in [-0.39, 0.29) is 35.2 Å². The Hall–Kier alpha value is -2.48. The van der Waals surface area contributed by atoms with E-state index in [4.69, 9.17) is 0 Å². The summed E-state index contributed by atoms with van der Waals surface area (Å²) in [6, 6.07) is 22.5. The van der Waals surface area contributed by atoms with E-state index >= 15 is 0 Å². The van der Waals surface area contributed by atoms with Gasteiger partial charge in [0.05, 0.1) is 17.4 Å². The maximum absolute atomic E-state index is 13.9. The van der Waals surface area contributed by atoms with E-state index in [1.807, 2.05) is 47.4 Å². The van der Waals surface area contributed by atoms with Gasteiger partial charge in [-0.1, -0.05) is 64.5 Å². The predicted molar refractivity (Wildman–Crippen MR) is 140 cm³/mol. The summed E-state index contributed by atoms with van der Waals surface area (Å²) in [4.78, 5) is 33.3. The second-order valence-corrected chi connectivity index (χ2v) is 11.9. The molecule has 3 aromatic rings. The second kappa shape index (κ2) is 9.19. The molecule has 1 aromatic heterocycles. The van der Waals surface area contributed by atoms with Gasteiger partial charge in [-0.2, -0.15) is 0 Å². The van der Waals surface area contributed by atoms with Gasteiger partial charge in [-0.15, -0.1) is 11.3 Å². The Morgan fingerprint density at radius 2 is 1.83 bits per heavy atom. The van der Waals surface area contributed by atoms with E-state index in [0.717, 1.165) is 35.0 Å². The lowest BCUT2D eigenvalue weighted by Gasteiger charge is -2.34. The van der Waals surface area contributed by atoms with Gasteiger partial charge in [0.2, 0.25) is 11.8 Å². The van der Waals surface area contributed by atoms with Crippen LogP contribution in [0.4, 0.5) is 0 Å². The average molecular weight is 551 g/mol. The second-order valence-electron chi connectivity index (χ2n) is 9.94. The van der Waals surface area contributed by atoms with E-state index in [1.54, 1.807) is 11.3 Å². The standard InChI is InChI=1S/C28H28BrN3O2S/c29-21-10-8-19(9-11-21)15-30-26(33)24-23-12-13-28(32(23)17-22-7-4-14-35-22)18-31(27(34)25(24)28)16-20-5-2-1-3-6-20/h1-11,14,23-25H,12-13,15-18H2,(H,30,33)/t23-,24+,25+,28-/m1/s1. The summed E-state index contributed by atoms with van der Waals surface area (Å²) in [5.41, 5.74) is 1.92. The molecule has 0 radical (unpaired) electrons. The number of carbonyl (C=O) groups excluding carboxylic acids is 2. The molecule has 0 unspecified atom stereocenters. The molecule has 1 spiro atoms. The molecule has 0 aliphatic carbocycles. The molecule has 0 saturated carbocycles. The van der Waals surface area contributed by atoms with Crippen LogP contribution in [0.25, 0.3) is 0 Å². The zero-order valence-electron chi connectivity index (χ0n) is 19.4. The molecule has 4 atom stereocenters. The van der Waals surface area contributed by atoms with Gasteiger partial charge in [0, 0.05) is 41.6 Å². The van der Waals surface area contributed by atoms with Crippen molar-refractivity contribution in [2.45, 2.75) is 44.1 Å². The largest absolute Gasteiger partial charge is 0.352 e. The number of benzene rings is 2. The van der Waals surface area contributed by atoms with Gasteiger partial charge in [-0.3, -0.25) is 14.5 Å². The fraction of sp³-hybridized carbons (Fsp3) is 0.357. The van der Waals surface area contributed by atoms with Gasteiger partial charge < -0.3 is 10.2 Å². The third-order valence-corrected chi connectivity index (χ3v) is 9.44. The molecular weight excluding hydrogens is 522 g/mol. The van der Waals surface area contributed by atoms with Crippen LogP contribution >= 0.6 is 27.3 Å². The monoisotopic (exact) mass is 549 g/mol. The van der Waals surface area contributed by atoms with Gasteiger partial charge in [0.25, 0.3) is 0 Å². The number of carbonyl (C=O) groups is 2. The molecule has 3 aliphatic rings. The van der Waals surface area contributed by atoms with Gasteiger partial charge in [-0.05, 0) is 47.5 Å². The third-order valence-electron chi connectivity index (χ3n) is 8.05. The van der Waals surface area contributed by atoms with Crippen LogP contribution < -0.4 is 5.32 Å². The van der Waals surface area contributed by atoms with Gasteiger partial charge in [-0.25, -0.2) is 0 Å². The lowest BCUT2D eigenvalue weighted by atomic mass is 9.72. The Labute approximate surface area is 218 Å². The molecule has 35 heavy (non-hydrogen) atoms. The summed E-state index contributed by atoms with van der Waals surface area (Å²) < 4.78 is 1.02. The highest BCUT2D eigenvalue weighted by Gasteiger charge is 2.70. The molecule has 6 rings (SSSR count). The number of fused-ring (bicyclic) bond motifs is 1. The normalized spacial score (nSPS) is 27.4. The summed E-state index contributed by atoms with van der Waals surface area (Å²) in [5.74, 6) is -0.450. The topological polar surface area (TPSA) is 52.7 Å². The lowest BCUT2D eigenvalue weighted by molar-refractivity contribution is -0.138. The zero-order valence-corrected chi connectivity index (χ0v) is 21.8. The lowest BCUT2D eigenvalue weighted by Crippen LogP contribution is -2.46. The highest BCUT2D eigenvalue weighted by atomic mass is 79.9. The smallest absolute Gasteiger partial charge is 0.228 e. The van der Waals surface area contributed by atoms with Crippen LogP contribution in [0.3, 0.4) is 0 Å². The fourth-order valence-corrected chi connectivity index (χ4v) is 7.53. The SMILES string of the molecule is O=C(NCc1ccc(Br)cc1)[C@H]1[C@H]2CC[C@]3(CN(Cc4ccccc4)C(=O)[C@H]13)N2Cc1cccs1. The predicted octanol–water partition coefficient (Wildman–Crippen LogP) is 4.82. The number of nitrogens with one attached hydrogen (secondary N) is 1. The van der Waals surface area contributed by atoms with Crippen LogP contribution in [0, 0.1) is 11.8 Å². The number of amides is 2. The number of rotatable bonds is 7. The minimum absolute atomic E-state index is 0.00980. The first-order chi connectivity index (χ1) is 17.0. The third kappa shape index (κ3) is 4.03. The molecule has 2 amide bonds. The highest BCUT2D eigenvalue weighted by molar-refractivity contribution is 9.10. The number of thiophene rings is 1. The minimum atomic E-state index is -0.313. The van der Waals surface area contributed by atoms with Crippen molar-refractivity contribution in [3.8, 4) is 0 Å². The van der Waals surface area contributed by atoms with Crippen LogP contribution in [0.15, 0.2) is 76.6 Å². The van der Waals surface area contributed by atoms with E-state index < -0.39 is 0 Å². The number of likely N-dealkylation sites (tertiary alicyclic amines) is 1. The molecule has 3 saturated heterocycles. The van der Waals surface area contributed by atoms with Crippen molar-refractivity contribution in [1.82, 2.24) is 15.1 Å². The van der Waals surface area contributed by atoms with Crippen LogP contribution in [-0.4, -0.2) is 39.7 Å². The first-order valence-electron chi connectivity index (χ1n) is 12.2. The van der Waals surface area contributed by atoms with Crippen molar-refractivity contribution in [2.75, 3.05) is 6.54 Å². The van der Waals surface area contributed by atoms with E-state index in [9.17, 15) is 9.59 Å². The van der Waals surface area contributed by atoms with Gasteiger partial charge >= 0.3 is 0 Å². The Bertz CT molecular complexity index is 1220. The molecule has 3 fully saturated rings. The number of halogens is 1. The van der Waals surface area contributed by atoms with Crippen molar-refractivity contribution in [2.24, 2.45) is 11.8 Å². The molecule has 7 heteroatoms. The molecular formula is C28H28BrN3O2S. The minimum Gasteiger partial charge on any atom is -0.352 e. The Morgan fingerprint density at radius 3 is 2.57 bits per heavy atom. The summed E-state index contributed by atoms with van der Waals surface area (Å²) in [6.07, 6.45) is 1.94. The van der Waals surface area contributed by atoms with Gasteiger partial charge in [0.15, 0.2) is 0 Å². The molecule has 3 aliphatic heterocycles. The van der Waals surface area contributed by atoms with Crippen LogP contribution in [0.2, 0.25) is 0 Å².